The Bertz CT molecular complexity index is 926. The van der Waals surface area contributed by atoms with Gasteiger partial charge in [0.15, 0.2) is 0 Å². The van der Waals surface area contributed by atoms with Crippen molar-refractivity contribution >= 4 is 29.0 Å². The predicted octanol–water partition coefficient (Wildman–Crippen LogP) is 3.67. The highest BCUT2D eigenvalue weighted by Gasteiger charge is 2.35. The van der Waals surface area contributed by atoms with Crippen LogP contribution in [0.5, 0.6) is 0 Å². The molecule has 2 aromatic carbocycles. The van der Waals surface area contributed by atoms with E-state index in [1.54, 1.807) is 17.1 Å². The van der Waals surface area contributed by atoms with Gasteiger partial charge >= 0.3 is 0 Å². The van der Waals surface area contributed by atoms with Crippen molar-refractivity contribution in [3.63, 3.8) is 0 Å². The standard InChI is InChI=1S/C20H18N2O2S2/c23-18(17-11-26-19(22-17)14-6-2-1-3-7-14)21-12-20(24)13-25-10-15-8-4-5-9-16(15)20/h1-9,11,24H,10,12-13H2,(H,21,23). The number of amides is 1. The highest BCUT2D eigenvalue weighted by atomic mass is 32.2. The Kier molecular flexibility index (Phi) is 4.80. The molecular weight excluding hydrogens is 364 g/mol. The van der Waals surface area contributed by atoms with Gasteiger partial charge in [-0.15, -0.1) is 11.3 Å². The third-order valence-corrected chi connectivity index (χ3v) is 6.50. The molecule has 4 rings (SSSR count). The number of rotatable bonds is 4. The van der Waals surface area contributed by atoms with Gasteiger partial charge in [-0.3, -0.25) is 4.79 Å². The Hall–Kier alpha value is -2.15. The van der Waals surface area contributed by atoms with E-state index in [2.05, 4.69) is 10.3 Å². The number of nitrogens with one attached hydrogen (secondary N) is 1. The van der Waals surface area contributed by atoms with Crippen molar-refractivity contribution in [2.75, 3.05) is 12.3 Å². The summed E-state index contributed by atoms with van der Waals surface area (Å²) in [6.45, 7) is 0.175. The molecule has 4 nitrogen and oxygen atoms in total. The quantitative estimate of drug-likeness (QED) is 0.723. The summed E-state index contributed by atoms with van der Waals surface area (Å²) in [5.74, 6) is 1.19. The van der Waals surface area contributed by atoms with Crippen molar-refractivity contribution in [3.8, 4) is 10.6 Å². The molecule has 0 saturated heterocycles. The monoisotopic (exact) mass is 382 g/mol. The van der Waals surface area contributed by atoms with Gasteiger partial charge in [0, 0.05) is 22.4 Å². The number of carbonyl (C=O) groups excluding carboxylic acids is 1. The van der Waals surface area contributed by atoms with E-state index in [0.717, 1.165) is 27.5 Å². The minimum Gasteiger partial charge on any atom is -0.382 e. The van der Waals surface area contributed by atoms with Gasteiger partial charge in [0.2, 0.25) is 0 Å². The van der Waals surface area contributed by atoms with Crippen LogP contribution in [-0.4, -0.2) is 28.3 Å². The van der Waals surface area contributed by atoms with Crippen LogP contribution in [0.1, 0.15) is 21.6 Å². The van der Waals surface area contributed by atoms with E-state index in [4.69, 9.17) is 0 Å². The molecule has 1 amide bonds. The summed E-state index contributed by atoms with van der Waals surface area (Å²) in [6, 6.07) is 17.7. The number of aliphatic hydroxyl groups is 1. The molecule has 1 aromatic heterocycles. The first-order valence-electron chi connectivity index (χ1n) is 8.33. The van der Waals surface area contributed by atoms with Crippen LogP contribution >= 0.6 is 23.1 Å². The molecule has 2 N–H and O–H groups in total. The van der Waals surface area contributed by atoms with Gasteiger partial charge in [-0.1, -0.05) is 54.6 Å². The second-order valence-electron chi connectivity index (χ2n) is 6.27. The first-order valence-corrected chi connectivity index (χ1v) is 10.4. The van der Waals surface area contributed by atoms with Crippen LogP contribution in [0.3, 0.4) is 0 Å². The number of hydrogen-bond donors (Lipinski definition) is 2. The molecule has 6 heteroatoms. The van der Waals surface area contributed by atoms with Gasteiger partial charge in [0.25, 0.3) is 5.91 Å². The van der Waals surface area contributed by atoms with Gasteiger partial charge in [-0.25, -0.2) is 4.98 Å². The lowest BCUT2D eigenvalue weighted by Gasteiger charge is -2.34. The smallest absolute Gasteiger partial charge is 0.270 e. The summed E-state index contributed by atoms with van der Waals surface area (Å²) in [7, 11) is 0. The number of fused-ring (bicyclic) bond motifs is 1. The van der Waals surface area contributed by atoms with Crippen LogP contribution in [0, 0.1) is 0 Å². The summed E-state index contributed by atoms with van der Waals surface area (Å²) >= 11 is 3.12. The molecule has 3 aromatic rings. The van der Waals surface area contributed by atoms with Crippen molar-refractivity contribution in [1.82, 2.24) is 10.3 Å². The van der Waals surface area contributed by atoms with E-state index in [-0.39, 0.29) is 12.5 Å². The third kappa shape index (κ3) is 3.40. The highest BCUT2D eigenvalue weighted by Crippen LogP contribution is 2.36. The van der Waals surface area contributed by atoms with E-state index in [0.29, 0.717) is 11.4 Å². The number of benzene rings is 2. The topological polar surface area (TPSA) is 62.2 Å². The largest absolute Gasteiger partial charge is 0.382 e. The maximum absolute atomic E-state index is 12.5. The molecule has 0 fully saturated rings. The van der Waals surface area contributed by atoms with E-state index in [9.17, 15) is 9.90 Å². The molecule has 0 spiro atoms. The summed E-state index contributed by atoms with van der Waals surface area (Å²) in [4.78, 5) is 16.9. The van der Waals surface area contributed by atoms with Gasteiger partial charge in [-0.05, 0) is 11.1 Å². The highest BCUT2D eigenvalue weighted by molar-refractivity contribution is 7.98. The summed E-state index contributed by atoms with van der Waals surface area (Å²) in [5, 5.41) is 16.5. The van der Waals surface area contributed by atoms with Crippen molar-refractivity contribution in [1.29, 1.82) is 0 Å². The zero-order valence-electron chi connectivity index (χ0n) is 14.0. The lowest BCUT2D eigenvalue weighted by Crippen LogP contribution is -2.44. The maximum atomic E-state index is 12.5. The number of aromatic nitrogens is 1. The molecule has 132 valence electrons. The minimum atomic E-state index is -1.05. The van der Waals surface area contributed by atoms with Gasteiger partial charge < -0.3 is 10.4 Å². The van der Waals surface area contributed by atoms with Crippen LogP contribution in [0.15, 0.2) is 60.0 Å². The lowest BCUT2D eigenvalue weighted by atomic mass is 9.91. The molecule has 1 unspecified atom stereocenters. The predicted molar refractivity (Wildman–Crippen MR) is 106 cm³/mol. The number of thioether (sulfide) groups is 1. The number of thiazole rings is 1. The van der Waals surface area contributed by atoms with Gasteiger partial charge in [0.1, 0.15) is 16.3 Å². The molecule has 26 heavy (non-hydrogen) atoms. The first-order chi connectivity index (χ1) is 12.7. The normalized spacial score (nSPS) is 19.0. The summed E-state index contributed by atoms with van der Waals surface area (Å²) < 4.78 is 0. The molecule has 0 radical (unpaired) electrons. The SMILES string of the molecule is O=C(NCC1(O)CSCc2ccccc21)c1csc(-c2ccccc2)n1. The Labute approximate surface area is 160 Å². The van der Waals surface area contributed by atoms with Crippen LogP contribution in [-0.2, 0) is 11.4 Å². The number of nitrogens with zero attached hydrogens (tertiary/aromatic N) is 1. The summed E-state index contributed by atoms with van der Waals surface area (Å²) in [6.07, 6.45) is 0. The van der Waals surface area contributed by atoms with Gasteiger partial charge in [0.05, 0.1) is 6.54 Å². The summed E-state index contributed by atoms with van der Waals surface area (Å²) in [5.41, 5.74) is 2.36. The fourth-order valence-electron chi connectivity index (χ4n) is 3.06. The molecule has 1 aliphatic rings. The average Bonchev–Trinajstić information content (AvgIpc) is 3.18. The fourth-order valence-corrected chi connectivity index (χ4v) is 5.04. The molecule has 1 aliphatic heterocycles. The third-order valence-electron chi connectivity index (χ3n) is 4.42. The Morgan fingerprint density at radius 3 is 2.77 bits per heavy atom. The zero-order valence-corrected chi connectivity index (χ0v) is 15.6. The first kappa shape index (κ1) is 17.3. The average molecular weight is 383 g/mol. The van der Waals surface area contributed by atoms with Crippen molar-refractivity contribution in [2.24, 2.45) is 0 Å². The molecule has 1 atom stereocenters. The zero-order chi connectivity index (χ0) is 18.0. The number of hydrogen-bond acceptors (Lipinski definition) is 5. The second-order valence-corrected chi connectivity index (χ2v) is 8.11. The van der Waals surface area contributed by atoms with E-state index < -0.39 is 5.60 Å². The Balaban J connectivity index is 1.47. The van der Waals surface area contributed by atoms with Crippen LogP contribution in [0.2, 0.25) is 0 Å². The number of carbonyl (C=O) groups is 1. The van der Waals surface area contributed by atoms with Crippen molar-refractivity contribution < 1.29 is 9.90 Å². The lowest BCUT2D eigenvalue weighted by molar-refractivity contribution is 0.0551. The molecule has 0 saturated carbocycles. The maximum Gasteiger partial charge on any atom is 0.270 e. The van der Waals surface area contributed by atoms with E-state index in [1.807, 2.05) is 54.6 Å². The van der Waals surface area contributed by atoms with Crippen molar-refractivity contribution in [2.45, 2.75) is 11.4 Å². The van der Waals surface area contributed by atoms with Crippen molar-refractivity contribution in [3.05, 3.63) is 76.8 Å². The van der Waals surface area contributed by atoms with Crippen LogP contribution < -0.4 is 5.32 Å². The van der Waals surface area contributed by atoms with E-state index in [1.165, 1.54) is 11.3 Å². The molecule has 0 aliphatic carbocycles. The molecular formula is C20H18N2O2S2. The molecule has 0 bridgehead atoms. The molecule has 2 heterocycles. The van der Waals surface area contributed by atoms with Crippen LogP contribution in [0.25, 0.3) is 10.6 Å². The van der Waals surface area contributed by atoms with Crippen LogP contribution in [0.4, 0.5) is 0 Å². The Morgan fingerprint density at radius 1 is 1.15 bits per heavy atom. The Morgan fingerprint density at radius 2 is 1.92 bits per heavy atom. The fraction of sp³-hybridized carbons (Fsp3) is 0.200. The minimum absolute atomic E-state index is 0.175. The second kappa shape index (κ2) is 7.23. The van der Waals surface area contributed by atoms with E-state index >= 15 is 0 Å². The van der Waals surface area contributed by atoms with Gasteiger partial charge in [-0.2, -0.15) is 11.8 Å².